The van der Waals surface area contributed by atoms with E-state index in [1.165, 1.54) is 17.7 Å². The fourth-order valence-corrected chi connectivity index (χ4v) is 3.07. The molecule has 1 unspecified atom stereocenters. The van der Waals surface area contributed by atoms with E-state index < -0.39 is 0 Å². The van der Waals surface area contributed by atoms with Gasteiger partial charge in [-0.1, -0.05) is 24.3 Å². The zero-order chi connectivity index (χ0) is 16.5. The second-order valence-electron chi connectivity index (χ2n) is 5.83. The van der Waals surface area contributed by atoms with Crippen molar-refractivity contribution < 1.29 is 4.39 Å². The van der Waals surface area contributed by atoms with Gasteiger partial charge in [0.15, 0.2) is 5.82 Å². The van der Waals surface area contributed by atoms with Crippen molar-refractivity contribution in [2.24, 2.45) is 0 Å². The molecule has 1 aromatic heterocycles. The normalized spacial score (nSPS) is 16.1. The summed E-state index contributed by atoms with van der Waals surface area (Å²) in [4.78, 5) is 6.70. The predicted octanol–water partition coefficient (Wildman–Crippen LogP) is 3.84. The zero-order valence-electron chi connectivity index (χ0n) is 13.1. The van der Waals surface area contributed by atoms with Crippen LogP contribution >= 0.6 is 0 Å². The summed E-state index contributed by atoms with van der Waals surface area (Å²) in [7, 11) is 0. The monoisotopic (exact) mass is 321 g/mol. The van der Waals surface area contributed by atoms with Crippen LogP contribution in [0.4, 0.5) is 27.5 Å². The molecule has 120 valence electrons. The van der Waals surface area contributed by atoms with E-state index >= 15 is 0 Å². The lowest BCUT2D eigenvalue weighted by Gasteiger charge is -2.23. The summed E-state index contributed by atoms with van der Waals surface area (Å²) in [5.74, 6) is 0.752. The predicted molar refractivity (Wildman–Crippen MR) is 91.3 cm³/mol. The topological polar surface area (TPSA) is 53.9 Å². The van der Waals surface area contributed by atoms with Gasteiger partial charge in [-0.25, -0.2) is 4.39 Å². The van der Waals surface area contributed by atoms with Crippen LogP contribution in [0.1, 0.15) is 12.5 Å². The highest BCUT2D eigenvalue weighted by Gasteiger charge is 2.28. The van der Waals surface area contributed by atoms with E-state index in [2.05, 4.69) is 44.5 Å². The lowest BCUT2D eigenvalue weighted by atomic mass is 10.1. The number of para-hydroxylation sites is 1. The van der Waals surface area contributed by atoms with Gasteiger partial charge in [-0.2, -0.15) is 10.1 Å². The van der Waals surface area contributed by atoms with Gasteiger partial charge in [-0.3, -0.25) is 0 Å². The van der Waals surface area contributed by atoms with Crippen LogP contribution in [0.3, 0.4) is 0 Å². The summed E-state index contributed by atoms with van der Waals surface area (Å²) in [5.41, 5.74) is 3.02. The summed E-state index contributed by atoms with van der Waals surface area (Å²) in [6.45, 7) is 2.15. The first kappa shape index (κ1) is 14.6. The van der Waals surface area contributed by atoms with E-state index in [0.717, 1.165) is 17.9 Å². The first-order valence-corrected chi connectivity index (χ1v) is 7.80. The highest BCUT2D eigenvalue weighted by Crippen LogP contribution is 2.37. The van der Waals surface area contributed by atoms with E-state index in [1.807, 2.05) is 12.1 Å². The van der Waals surface area contributed by atoms with Crippen molar-refractivity contribution in [3.63, 3.8) is 0 Å². The van der Waals surface area contributed by atoms with Gasteiger partial charge >= 0.3 is 0 Å². The number of hydrogen-bond acceptors (Lipinski definition) is 5. The molecule has 4 rings (SSSR count). The summed E-state index contributed by atoms with van der Waals surface area (Å²) in [6, 6.07) is 14.7. The Labute approximate surface area is 139 Å². The van der Waals surface area contributed by atoms with Gasteiger partial charge < -0.3 is 10.2 Å². The fourth-order valence-electron chi connectivity index (χ4n) is 3.07. The molecule has 0 spiro atoms. The van der Waals surface area contributed by atoms with E-state index in [1.54, 1.807) is 18.3 Å². The van der Waals surface area contributed by atoms with E-state index in [9.17, 15) is 4.39 Å². The second kappa shape index (κ2) is 5.88. The highest BCUT2D eigenvalue weighted by atomic mass is 19.1. The van der Waals surface area contributed by atoms with Crippen molar-refractivity contribution in [1.82, 2.24) is 15.2 Å². The molecule has 24 heavy (non-hydrogen) atoms. The standard InChI is InChI=1S/C18H16FN5/c1-12-9-13-5-2-3-8-16(13)24(12)17-11-20-23-18(22-17)21-15-7-4-6-14(19)10-15/h2-8,10-12H,9H2,1H3,(H,21,22,23). The highest BCUT2D eigenvalue weighted by molar-refractivity contribution is 5.69. The number of aromatic nitrogens is 3. The van der Waals surface area contributed by atoms with Gasteiger partial charge in [0, 0.05) is 17.4 Å². The summed E-state index contributed by atoms with van der Waals surface area (Å²) in [5, 5.41) is 11.0. The molecule has 1 aliphatic heterocycles. The fraction of sp³-hybridized carbons (Fsp3) is 0.167. The van der Waals surface area contributed by atoms with Gasteiger partial charge in [0.1, 0.15) is 5.82 Å². The molecule has 1 N–H and O–H groups in total. The molecule has 1 atom stereocenters. The van der Waals surface area contributed by atoms with Crippen LogP contribution in [0.15, 0.2) is 54.7 Å². The molecule has 0 radical (unpaired) electrons. The molecule has 0 amide bonds. The number of hydrogen-bond donors (Lipinski definition) is 1. The van der Waals surface area contributed by atoms with E-state index in [-0.39, 0.29) is 5.82 Å². The number of benzene rings is 2. The number of nitrogens with zero attached hydrogens (tertiary/aromatic N) is 4. The van der Waals surface area contributed by atoms with Crippen molar-refractivity contribution >= 4 is 23.1 Å². The number of anilines is 4. The third-order valence-electron chi connectivity index (χ3n) is 4.08. The summed E-state index contributed by atoms with van der Waals surface area (Å²) in [6.07, 6.45) is 2.61. The minimum atomic E-state index is -0.314. The van der Waals surface area contributed by atoms with Crippen LogP contribution in [0.25, 0.3) is 0 Å². The van der Waals surface area contributed by atoms with Crippen LogP contribution in [0, 0.1) is 5.82 Å². The number of fused-ring (bicyclic) bond motifs is 1. The molecule has 5 nitrogen and oxygen atoms in total. The lowest BCUT2D eigenvalue weighted by Crippen LogP contribution is -2.25. The molecule has 3 aromatic rings. The quantitative estimate of drug-likeness (QED) is 0.794. The number of halogens is 1. The van der Waals surface area contributed by atoms with Crippen molar-refractivity contribution in [2.45, 2.75) is 19.4 Å². The molecule has 1 aliphatic rings. The van der Waals surface area contributed by atoms with Crippen LogP contribution in [0.2, 0.25) is 0 Å². The largest absolute Gasteiger partial charge is 0.323 e. The average molecular weight is 321 g/mol. The Bertz CT molecular complexity index is 883. The SMILES string of the molecule is CC1Cc2ccccc2N1c1cnnc(Nc2cccc(F)c2)n1. The van der Waals surface area contributed by atoms with Crippen LogP contribution in [-0.2, 0) is 6.42 Å². The van der Waals surface area contributed by atoms with Gasteiger partial charge in [0.25, 0.3) is 0 Å². The zero-order valence-corrected chi connectivity index (χ0v) is 13.1. The molecule has 0 bridgehead atoms. The number of nitrogens with one attached hydrogen (secondary N) is 1. The molecular weight excluding hydrogens is 305 g/mol. The van der Waals surface area contributed by atoms with Gasteiger partial charge in [-0.05, 0) is 43.2 Å². The van der Waals surface area contributed by atoms with Crippen molar-refractivity contribution in [2.75, 3.05) is 10.2 Å². The van der Waals surface area contributed by atoms with Crippen molar-refractivity contribution in [3.05, 3.63) is 66.1 Å². The molecular formula is C18H16FN5. The first-order valence-electron chi connectivity index (χ1n) is 7.80. The van der Waals surface area contributed by atoms with Gasteiger partial charge in [0.05, 0.1) is 6.20 Å². The molecule has 0 saturated heterocycles. The van der Waals surface area contributed by atoms with Gasteiger partial charge in [0.2, 0.25) is 5.95 Å². The minimum Gasteiger partial charge on any atom is -0.323 e. The maximum Gasteiger partial charge on any atom is 0.249 e. The maximum atomic E-state index is 13.3. The second-order valence-corrected chi connectivity index (χ2v) is 5.83. The van der Waals surface area contributed by atoms with Crippen molar-refractivity contribution in [1.29, 1.82) is 0 Å². The Hall–Kier alpha value is -3.02. The van der Waals surface area contributed by atoms with Crippen LogP contribution < -0.4 is 10.2 Å². The minimum absolute atomic E-state index is 0.293. The third-order valence-corrected chi connectivity index (χ3v) is 4.08. The maximum absolute atomic E-state index is 13.3. The Balaban J connectivity index is 1.66. The molecule has 2 heterocycles. The van der Waals surface area contributed by atoms with Crippen LogP contribution in [-0.4, -0.2) is 21.2 Å². The molecule has 6 heteroatoms. The Morgan fingerprint density at radius 2 is 2.04 bits per heavy atom. The van der Waals surface area contributed by atoms with Crippen LogP contribution in [0.5, 0.6) is 0 Å². The Kier molecular flexibility index (Phi) is 3.57. The third kappa shape index (κ3) is 2.67. The van der Waals surface area contributed by atoms with E-state index in [0.29, 0.717) is 17.7 Å². The molecule has 2 aromatic carbocycles. The lowest BCUT2D eigenvalue weighted by molar-refractivity contribution is 0.628. The Morgan fingerprint density at radius 3 is 2.92 bits per heavy atom. The first-order chi connectivity index (χ1) is 11.7. The summed E-state index contributed by atoms with van der Waals surface area (Å²) < 4.78 is 13.3. The molecule has 0 fully saturated rings. The molecule has 0 aliphatic carbocycles. The Morgan fingerprint density at radius 1 is 1.17 bits per heavy atom. The smallest absolute Gasteiger partial charge is 0.249 e. The van der Waals surface area contributed by atoms with Crippen molar-refractivity contribution in [3.8, 4) is 0 Å². The number of rotatable bonds is 3. The molecule has 0 saturated carbocycles. The van der Waals surface area contributed by atoms with E-state index in [4.69, 9.17) is 0 Å². The van der Waals surface area contributed by atoms with Gasteiger partial charge in [-0.15, -0.1) is 5.10 Å². The summed E-state index contributed by atoms with van der Waals surface area (Å²) >= 11 is 0. The average Bonchev–Trinajstić information content (AvgIpc) is 2.91.